The number of hydrogen-bond donors (Lipinski definition) is 1. The van der Waals surface area contributed by atoms with E-state index in [2.05, 4.69) is 5.32 Å². The van der Waals surface area contributed by atoms with Gasteiger partial charge >= 0.3 is 5.97 Å². The first-order valence-corrected chi connectivity index (χ1v) is 8.63. The predicted octanol–water partition coefficient (Wildman–Crippen LogP) is 0.865. The Morgan fingerprint density at radius 2 is 1.67 bits per heavy atom. The molecule has 0 spiro atoms. The van der Waals surface area contributed by atoms with Crippen molar-refractivity contribution in [2.75, 3.05) is 13.2 Å². The number of rotatable bonds is 6. The maximum atomic E-state index is 12.4. The van der Waals surface area contributed by atoms with Crippen molar-refractivity contribution in [2.24, 2.45) is 17.8 Å². The lowest BCUT2D eigenvalue weighted by Gasteiger charge is -2.21. The molecule has 3 amide bonds. The van der Waals surface area contributed by atoms with E-state index in [0.717, 1.165) is 17.7 Å². The largest absolute Gasteiger partial charge is 0.454 e. The second-order valence-corrected chi connectivity index (χ2v) is 7.03. The van der Waals surface area contributed by atoms with Crippen LogP contribution in [0.25, 0.3) is 0 Å². The van der Waals surface area contributed by atoms with Gasteiger partial charge in [0, 0.05) is 6.54 Å². The number of carbonyl (C=O) groups is 4. The highest BCUT2D eigenvalue weighted by Gasteiger charge is 2.51. The minimum Gasteiger partial charge on any atom is -0.454 e. The van der Waals surface area contributed by atoms with Gasteiger partial charge in [0.2, 0.25) is 11.8 Å². The normalized spacial score (nSPS) is 24.8. The molecule has 0 aromatic carbocycles. The lowest BCUT2D eigenvalue weighted by molar-refractivity contribution is -0.159. The van der Waals surface area contributed by atoms with Gasteiger partial charge in [0.1, 0.15) is 6.04 Å². The first kappa shape index (κ1) is 18.4. The molecule has 0 radical (unpaired) electrons. The Morgan fingerprint density at radius 1 is 1.12 bits per heavy atom. The first-order chi connectivity index (χ1) is 11.3. The Labute approximate surface area is 142 Å². The highest BCUT2D eigenvalue weighted by molar-refractivity contribution is 6.07. The van der Waals surface area contributed by atoms with Crippen LogP contribution in [0.4, 0.5) is 0 Å². The second-order valence-electron chi connectivity index (χ2n) is 7.03. The molecular weight excluding hydrogens is 312 g/mol. The van der Waals surface area contributed by atoms with E-state index in [1.54, 1.807) is 0 Å². The third-order valence-electron chi connectivity index (χ3n) is 4.66. The van der Waals surface area contributed by atoms with Crippen molar-refractivity contribution >= 4 is 23.7 Å². The van der Waals surface area contributed by atoms with Gasteiger partial charge in [-0.05, 0) is 25.7 Å². The summed E-state index contributed by atoms with van der Waals surface area (Å²) in [6, 6.07) is -0.992. The smallest absolute Gasteiger partial charge is 0.329 e. The quantitative estimate of drug-likeness (QED) is 0.573. The number of likely N-dealkylation sites (tertiary alicyclic amines) is 1. The number of hydrogen-bond acceptors (Lipinski definition) is 5. The van der Waals surface area contributed by atoms with E-state index in [1.807, 2.05) is 13.8 Å². The fourth-order valence-corrected chi connectivity index (χ4v) is 3.30. The van der Waals surface area contributed by atoms with E-state index < -0.39 is 24.5 Å². The molecule has 3 atom stereocenters. The van der Waals surface area contributed by atoms with E-state index in [1.165, 1.54) is 6.92 Å². The summed E-state index contributed by atoms with van der Waals surface area (Å²) < 4.78 is 4.96. The third-order valence-corrected chi connectivity index (χ3v) is 4.66. The second kappa shape index (κ2) is 7.77. The standard InChI is InChI=1S/C17H26N2O5/c1-10(2)8-18-14(20)9-24-17(23)11(3)19-15(21)12-6-4-5-7-13(12)16(19)22/h10-13H,4-9H2,1-3H3,(H,18,20)/t11-,12-,13+/m0/s1. The van der Waals surface area contributed by atoms with Crippen LogP contribution in [0.2, 0.25) is 0 Å². The molecule has 1 heterocycles. The van der Waals surface area contributed by atoms with Crippen LogP contribution in [-0.2, 0) is 23.9 Å². The van der Waals surface area contributed by atoms with Crippen molar-refractivity contribution in [1.82, 2.24) is 10.2 Å². The van der Waals surface area contributed by atoms with Crippen LogP contribution in [-0.4, -0.2) is 47.8 Å². The summed E-state index contributed by atoms with van der Waals surface area (Å²) in [5.74, 6) is -1.97. The number of amides is 3. The van der Waals surface area contributed by atoms with Crippen molar-refractivity contribution in [3.63, 3.8) is 0 Å². The molecule has 1 N–H and O–H groups in total. The summed E-state index contributed by atoms with van der Waals surface area (Å²) in [5, 5.41) is 2.64. The summed E-state index contributed by atoms with van der Waals surface area (Å²) in [4.78, 5) is 49.6. The van der Waals surface area contributed by atoms with Crippen LogP contribution in [0.5, 0.6) is 0 Å². The van der Waals surface area contributed by atoms with Gasteiger partial charge in [-0.25, -0.2) is 4.79 Å². The molecule has 0 aromatic heterocycles. The average molecular weight is 338 g/mol. The molecule has 24 heavy (non-hydrogen) atoms. The van der Waals surface area contributed by atoms with Crippen molar-refractivity contribution in [1.29, 1.82) is 0 Å². The highest BCUT2D eigenvalue weighted by atomic mass is 16.5. The number of fused-ring (bicyclic) bond motifs is 1. The van der Waals surface area contributed by atoms with Gasteiger partial charge in [0.25, 0.3) is 5.91 Å². The lowest BCUT2D eigenvalue weighted by atomic mass is 9.81. The van der Waals surface area contributed by atoms with E-state index in [4.69, 9.17) is 4.74 Å². The van der Waals surface area contributed by atoms with Crippen molar-refractivity contribution in [3.05, 3.63) is 0 Å². The van der Waals surface area contributed by atoms with Crippen LogP contribution < -0.4 is 5.32 Å². The SMILES string of the molecule is CC(C)CNC(=O)COC(=O)[C@H](C)N1C(=O)[C@H]2CCCC[C@H]2C1=O. The van der Waals surface area contributed by atoms with Crippen molar-refractivity contribution in [3.8, 4) is 0 Å². The van der Waals surface area contributed by atoms with Crippen LogP contribution in [0.1, 0.15) is 46.5 Å². The molecule has 2 fully saturated rings. The minimum atomic E-state index is -0.992. The Kier molecular flexibility index (Phi) is 5.96. The number of nitrogens with zero attached hydrogens (tertiary/aromatic N) is 1. The van der Waals surface area contributed by atoms with Gasteiger partial charge in [-0.1, -0.05) is 26.7 Å². The van der Waals surface area contributed by atoms with Gasteiger partial charge in [0.15, 0.2) is 6.61 Å². The van der Waals surface area contributed by atoms with E-state index in [9.17, 15) is 19.2 Å². The van der Waals surface area contributed by atoms with E-state index in [-0.39, 0.29) is 23.7 Å². The van der Waals surface area contributed by atoms with Crippen LogP contribution in [0.15, 0.2) is 0 Å². The fourth-order valence-electron chi connectivity index (χ4n) is 3.30. The molecule has 2 rings (SSSR count). The molecule has 7 nitrogen and oxygen atoms in total. The van der Waals surface area contributed by atoms with E-state index >= 15 is 0 Å². The van der Waals surface area contributed by atoms with E-state index in [0.29, 0.717) is 25.3 Å². The maximum Gasteiger partial charge on any atom is 0.329 e. The molecule has 1 aliphatic heterocycles. The molecule has 134 valence electrons. The number of nitrogens with one attached hydrogen (secondary N) is 1. The first-order valence-electron chi connectivity index (χ1n) is 8.63. The fraction of sp³-hybridized carbons (Fsp3) is 0.765. The zero-order valence-electron chi connectivity index (χ0n) is 14.5. The van der Waals surface area contributed by atoms with Gasteiger partial charge in [0.05, 0.1) is 11.8 Å². The summed E-state index contributed by atoms with van der Waals surface area (Å²) in [6.07, 6.45) is 3.27. The Morgan fingerprint density at radius 3 is 2.17 bits per heavy atom. The summed E-state index contributed by atoms with van der Waals surface area (Å²) in [7, 11) is 0. The van der Waals surface area contributed by atoms with Crippen LogP contribution in [0, 0.1) is 17.8 Å². The third kappa shape index (κ3) is 3.94. The molecule has 1 aliphatic carbocycles. The average Bonchev–Trinajstić information content (AvgIpc) is 2.81. The van der Waals surface area contributed by atoms with Gasteiger partial charge in [-0.15, -0.1) is 0 Å². The monoisotopic (exact) mass is 338 g/mol. The summed E-state index contributed by atoms with van der Waals surface area (Å²) in [6.45, 7) is 5.48. The Balaban J connectivity index is 1.89. The molecule has 7 heteroatoms. The zero-order chi connectivity index (χ0) is 17.9. The Hall–Kier alpha value is -1.92. The maximum absolute atomic E-state index is 12.4. The van der Waals surface area contributed by atoms with Crippen molar-refractivity contribution in [2.45, 2.75) is 52.5 Å². The van der Waals surface area contributed by atoms with Gasteiger partial charge in [-0.3, -0.25) is 19.3 Å². The van der Waals surface area contributed by atoms with Gasteiger partial charge in [-0.2, -0.15) is 0 Å². The Bertz CT molecular complexity index is 507. The number of imide groups is 1. The number of ether oxygens (including phenoxy) is 1. The van der Waals surface area contributed by atoms with Crippen LogP contribution >= 0.6 is 0 Å². The molecule has 0 unspecified atom stereocenters. The number of carbonyl (C=O) groups excluding carboxylic acids is 4. The highest BCUT2D eigenvalue weighted by Crippen LogP contribution is 2.38. The molecule has 2 aliphatic rings. The van der Waals surface area contributed by atoms with Crippen LogP contribution in [0.3, 0.4) is 0 Å². The van der Waals surface area contributed by atoms with Crippen molar-refractivity contribution < 1.29 is 23.9 Å². The molecule has 1 saturated carbocycles. The molecule has 0 bridgehead atoms. The molecular formula is C17H26N2O5. The topological polar surface area (TPSA) is 92.8 Å². The predicted molar refractivity (Wildman–Crippen MR) is 85.6 cm³/mol. The molecule has 1 saturated heterocycles. The summed E-state index contributed by atoms with van der Waals surface area (Å²) >= 11 is 0. The molecule has 0 aromatic rings. The minimum absolute atomic E-state index is 0.279. The lowest BCUT2D eigenvalue weighted by Crippen LogP contribution is -2.45. The summed E-state index contributed by atoms with van der Waals surface area (Å²) in [5.41, 5.74) is 0. The van der Waals surface area contributed by atoms with Gasteiger partial charge < -0.3 is 10.1 Å². The number of esters is 1. The zero-order valence-corrected chi connectivity index (χ0v) is 14.5.